The number of epoxide rings is 1. The van der Waals surface area contributed by atoms with E-state index in [0.29, 0.717) is 6.10 Å². The molecule has 0 radical (unpaired) electrons. The maximum Gasteiger partial charge on any atom is 0.0828 e. The Labute approximate surface area is 70.3 Å². The van der Waals surface area contributed by atoms with E-state index in [1.54, 1.807) is 0 Å². The van der Waals surface area contributed by atoms with Gasteiger partial charge in [-0.1, -0.05) is 0 Å². The van der Waals surface area contributed by atoms with Crippen LogP contribution >= 0.6 is 23.5 Å². The Bertz CT molecular complexity index is 108. The summed E-state index contributed by atoms with van der Waals surface area (Å²) >= 11 is 4.23. The predicted molar refractivity (Wildman–Crippen MR) is 47.7 cm³/mol. The van der Waals surface area contributed by atoms with Gasteiger partial charge in [0, 0.05) is 0 Å². The summed E-state index contributed by atoms with van der Waals surface area (Å²) in [5.74, 6) is 2.73. The highest BCUT2D eigenvalue weighted by atomic mass is 32.2. The summed E-state index contributed by atoms with van der Waals surface area (Å²) < 4.78 is 6.03. The van der Waals surface area contributed by atoms with Crippen molar-refractivity contribution in [3.8, 4) is 0 Å². The summed E-state index contributed by atoms with van der Waals surface area (Å²) in [5.41, 5.74) is 0. The summed E-state index contributed by atoms with van der Waals surface area (Å²) in [6, 6.07) is 0. The molecule has 0 saturated carbocycles. The number of hydrogen-bond donors (Lipinski definition) is 0. The minimum Gasteiger partial charge on any atom is -0.373 e. The van der Waals surface area contributed by atoms with Crippen LogP contribution in [0.4, 0.5) is 0 Å². The summed E-state index contributed by atoms with van der Waals surface area (Å²) in [6.45, 7) is 1.03. The lowest BCUT2D eigenvalue weighted by Crippen LogP contribution is -2.08. The third-order valence-corrected chi connectivity index (χ3v) is 4.75. The molecule has 58 valence electrons. The van der Waals surface area contributed by atoms with Gasteiger partial charge in [0.15, 0.2) is 0 Å². The monoisotopic (exact) mass is 176 g/mol. The van der Waals surface area contributed by atoms with E-state index in [1.807, 2.05) is 0 Å². The molecule has 3 heteroatoms. The molecular formula is C7H12OS2. The molecule has 0 aromatic heterocycles. The van der Waals surface area contributed by atoms with E-state index in [4.69, 9.17) is 4.74 Å². The van der Waals surface area contributed by atoms with Crippen LogP contribution in [-0.2, 0) is 4.74 Å². The van der Waals surface area contributed by atoms with Crippen molar-refractivity contribution in [1.82, 2.24) is 0 Å². The van der Waals surface area contributed by atoms with Crippen LogP contribution in [0.25, 0.3) is 0 Å². The molecule has 0 amide bonds. The highest BCUT2D eigenvalue weighted by Gasteiger charge is 2.27. The Morgan fingerprint density at radius 1 is 1.30 bits per heavy atom. The third-order valence-electron chi connectivity index (χ3n) is 1.75. The van der Waals surface area contributed by atoms with Crippen LogP contribution in [0.2, 0.25) is 0 Å². The van der Waals surface area contributed by atoms with E-state index in [0.717, 1.165) is 11.2 Å². The van der Waals surface area contributed by atoms with Crippen molar-refractivity contribution in [2.24, 2.45) is 0 Å². The third kappa shape index (κ3) is 2.07. The van der Waals surface area contributed by atoms with E-state index >= 15 is 0 Å². The summed E-state index contributed by atoms with van der Waals surface area (Å²) in [5, 5.41) is 0. The van der Waals surface area contributed by atoms with Crippen molar-refractivity contribution < 1.29 is 4.74 Å². The lowest BCUT2D eigenvalue weighted by Gasteiger charge is -2.19. The highest BCUT2D eigenvalue weighted by molar-refractivity contribution is 8.17. The van der Waals surface area contributed by atoms with Crippen LogP contribution in [0.1, 0.15) is 12.8 Å². The molecule has 0 aliphatic carbocycles. The van der Waals surface area contributed by atoms with Crippen molar-refractivity contribution in [2.75, 3.05) is 18.1 Å². The fraction of sp³-hybridized carbons (Fsp3) is 1.00. The van der Waals surface area contributed by atoms with Gasteiger partial charge in [0.1, 0.15) is 0 Å². The van der Waals surface area contributed by atoms with Gasteiger partial charge in [-0.25, -0.2) is 0 Å². The van der Waals surface area contributed by atoms with Gasteiger partial charge in [-0.05, 0) is 24.3 Å². The van der Waals surface area contributed by atoms with Gasteiger partial charge in [-0.15, -0.1) is 23.5 Å². The van der Waals surface area contributed by atoms with Crippen molar-refractivity contribution in [3.05, 3.63) is 0 Å². The van der Waals surface area contributed by atoms with Crippen molar-refractivity contribution in [2.45, 2.75) is 23.5 Å². The Hall–Kier alpha value is 0.660. The summed E-state index contributed by atoms with van der Waals surface area (Å²) in [4.78, 5) is 0. The number of ether oxygens (including phenoxy) is 1. The van der Waals surface area contributed by atoms with Crippen molar-refractivity contribution >= 4 is 23.5 Å². The zero-order chi connectivity index (χ0) is 6.81. The smallest absolute Gasteiger partial charge is 0.0828 e. The largest absolute Gasteiger partial charge is 0.373 e. The first-order chi connectivity index (χ1) is 4.95. The van der Waals surface area contributed by atoms with Gasteiger partial charge >= 0.3 is 0 Å². The van der Waals surface area contributed by atoms with Crippen LogP contribution in [-0.4, -0.2) is 28.8 Å². The topological polar surface area (TPSA) is 12.5 Å². The van der Waals surface area contributed by atoms with E-state index < -0.39 is 0 Å². The molecule has 2 aliphatic rings. The summed E-state index contributed by atoms with van der Waals surface area (Å²) in [7, 11) is 0. The van der Waals surface area contributed by atoms with E-state index in [2.05, 4.69) is 23.5 Å². The molecule has 2 fully saturated rings. The number of hydrogen-bond acceptors (Lipinski definition) is 3. The minimum atomic E-state index is 0.628. The Kier molecular flexibility index (Phi) is 2.47. The average molecular weight is 176 g/mol. The first kappa shape index (κ1) is 7.32. The molecule has 0 spiro atoms. The van der Waals surface area contributed by atoms with Gasteiger partial charge < -0.3 is 4.74 Å². The molecule has 2 rings (SSSR count). The SMILES string of the molecule is C1CSC(C[C@H]2CO2)SC1. The van der Waals surface area contributed by atoms with Gasteiger partial charge in [0.25, 0.3) is 0 Å². The molecule has 2 aliphatic heterocycles. The molecule has 0 unspecified atom stereocenters. The van der Waals surface area contributed by atoms with E-state index in [-0.39, 0.29) is 0 Å². The van der Waals surface area contributed by atoms with Crippen LogP contribution in [0.3, 0.4) is 0 Å². The Morgan fingerprint density at radius 2 is 2.00 bits per heavy atom. The van der Waals surface area contributed by atoms with Gasteiger partial charge in [-0.3, -0.25) is 0 Å². The second-order valence-electron chi connectivity index (χ2n) is 2.72. The van der Waals surface area contributed by atoms with Crippen molar-refractivity contribution in [1.29, 1.82) is 0 Å². The van der Waals surface area contributed by atoms with Crippen LogP contribution in [0.15, 0.2) is 0 Å². The van der Waals surface area contributed by atoms with Crippen molar-refractivity contribution in [3.63, 3.8) is 0 Å². The maximum atomic E-state index is 5.18. The molecule has 1 atom stereocenters. The van der Waals surface area contributed by atoms with Crippen LogP contribution in [0.5, 0.6) is 0 Å². The Morgan fingerprint density at radius 3 is 2.60 bits per heavy atom. The Balaban J connectivity index is 1.69. The molecular weight excluding hydrogens is 164 g/mol. The zero-order valence-corrected chi connectivity index (χ0v) is 7.55. The van der Waals surface area contributed by atoms with E-state index in [1.165, 1.54) is 24.3 Å². The predicted octanol–water partition coefficient (Wildman–Crippen LogP) is 1.97. The molecule has 2 saturated heterocycles. The molecule has 2 heterocycles. The quantitative estimate of drug-likeness (QED) is 0.597. The molecule has 0 aromatic carbocycles. The second kappa shape index (κ2) is 3.37. The molecule has 0 N–H and O–H groups in total. The standard InChI is InChI=1S/C7H12OS2/c1-2-9-7(10-3-1)4-6-5-8-6/h6-7H,1-5H2/t6-/m0/s1. The van der Waals surface area contributed by atoms with Gasteiger partial charge in [-0.2, -0.15) is 0 Å². The maximum absolute atomic E-state index is 5.18. The lowest BCUT2D eigenvalue weighted by molar-refractivity contribution is 0.402. The van der Waals surface area contributed by atoms with Crippen LogP contribution in [0, 0.1) is 0 Å². The van der Waals surface area contributed by atoms with Gasteiger partial charge in [0.2, 0.25) is 0 Å². The lowest BCUT2D eigenvalue weighted by atomic mass is 10.4. The fourth-order valence-electron chi connectivity index (χ4n) is 1.09. The van der Waals surface area contributed by atoms with Crippen LogP contribution < -0.4 is 0 Å². The molecule has 0 bridgehead atoms. The second-order valence-corrected chi connectivity index (χ2v) is 5.64. The molecule has 10 heavy (non-hydrogen) atoms. The molecule has 0 aromatic rings. The minimum absolute atomic E-state index is 0.628. The molecule has 1 nitrogen and oxygen atoms in total. The normalized spacial score (nSPS) is 34.2. The first-order valence-corrected chi connectivity index (χ1v) is 5.90. The van der Waals surface area contributed by atoms with E-state index in [9.17, 15) is 0 Å². The average Bonchev–Trinajstić information content (AvgIpc) is 2.74. The highest BCUT2D eigenvalue weighted by Crippen LogP contribution is 2.36. The number of thioether (sulfide) groups is 2. The zero-order valence-electron chi connectivity index (χ0n) is 5.91. The fourth-order valence-corrected chi connectivity index (χ4v) is 4.09. The number of rotatable bonds is 2. The first-order valence-electron chi connectivity index (χ1n) is 3.80. The summed E-state index contributed by atoms with van der Waals surface area (Å²) in [6.07, 6.45) is 3.32. The van der Waals surface area contributed by atoms with Gasteiger partial charge in [0.05, 0.1) is 17.3 Å².